The molecular weight excluding hydrogens is 212 g/mol. The number of rotatable bonds is 1. The molecule has 1 amide bonds. The fraction of sp³-hybridized carbons (Fsp3) is 0.667. The van der Waals surface area contributed by atoms with Gasteiger partial charge in [-0.3, -0.25) is 4.79 Å². The van der Waals surface area contributed by atoms with E-state index in [0.717, 1.165) is 0 Å². The highest BCUT2D eigenvalue weighted by Crippen LogP contribution is 2.19. The molecule has 2 rings (SSSR count). The van der Waals surface area contributed by atoms with E-state index in [0.29, 0.717) is 19.7 Å². The Morgan fingerprint density at radius 2 is 2.25 bits per heavy atom. The zero-order valence-electron chi connectivity index (χ0n) is 9.27. The highest BCUT2D eigenvalue weighted by atomic mass is 16.6. The van der Waals surface area contributed by atoms with Crippen molar-refractivity contribution >= 4 is 11.7 Å². The summed E-state index contributed by atoms with van der Waals surface area (Å²) in [6.07, 6.45) is 0. The van der Waals surface area contributed by atoms with Crippen molar-refractivity contribution in [3.05, 3.63) is 5.69 Å². The largest absolute Gasteiger partial charge is 0.379 e. The highest BCUT2D eigenvalue weighted by Gasteiger charge is 2.32. The number of carbonyl (C=O) groups excluding carboxylic acids is 1. The molecule has 0 bridgehead atoms. The minimum atomic E-state index is -0.347. The van der Waals surface area contributed by atoms with E-state index in [4.69, 9.17) is 10.5 Å². The lowest BCUT2D eigenvalue weighted by Crippen LogP contribution is -2.50. The first-order valence-electron chi connectivity index (χ1n) is 5.01. The first kappa shape index (κ1) is 10.9. The summed E-state index contributed by atoms with van der Waals surface area (Å²) in [5, 5.41) is 6.88. The molecule has 7 heteroatoms. The minimum Gasteiger partial charge on any atom is -0.379 e. The number of nitrogens with zero attached hydrogens (tertiary/aromatic N) is 3. The van der Waals surface area contributed by atoms with Crippen LogP contribution in [0.15, 0.2) is 4.63 Å². The number of carbonyl (C=O) groups is 1. The molecule has 0 saturated carbocycles. The summed E-state index contributed by atoms with van der Waals surface area (Å²) in [6, 6.07) is 0. The third-order valence-electron chi connectivity index (χ3n) is 2.43. The van der Waals surface area contributed by atoms with Gasteiger partial charge in [0.15, 0.2) is 0 Å². The van der Waals surface area contributed by atoms with Crippen molar-refractivity contribution in [2.24, 2.45) is 0 Å². The average molecular weight is 226 g/mol. The Morgan fingerprint density at radius 1 is 1.50 bits per heavy atom. The van der Waals surface area contributed by atoms with Gasteiger partial charge in [0.25, 0.3) is 5.91 Å². The van der Waals surface area contributed by atoms with Crippen LogP contribution in [0, 0.1) is 0 Å². The van der Waals surface area contributed by atoms with E-state index in [9.17, 15) is 4.79 Å². The monoisotopic (exact) mass is 226 g/mol. The maximum Gasteiger partial charge on any atom is 0.280 e. The molecule has 1 aromatic heterocycles. The number of hydrogen-bond acceptors (Lipinski definition) is 6. The molecule has 0 aliphatic carbocycles. The maximum atomic E-state index is 12.0. The number of nitrogen functional groups attached to an aromatic ring is 1. The summed E-state index contributed by atoms with van der Waals surface area (Å²) in [4.78, 5) is 13.6. The molecule has 1 aromatic rings. The van der Waals surface area contributed by atoms with Gasteiger partial charge in [0.2, 0.25) is 11.5 Å². The third-order valence-corrected chi connectivity index (χ3v) is 2.43. The SMILES string of the molecule is CC1(C)CN(C(=O)c2nonc2N)CCO1. The van der Waals surface area contributed by atoms with Crippen molar-refractivity contribution in [1.82, 2.24) is 15.2 Å². The predicted molar refractivity (Wildman–Crippen MR) is 54.6 cm³/mol. The Hall–Kier alpha value is -1.63. The first-order chi connectivity index (χ1) is 7.49. The van der Waals surface area contributed by atoms with Crippen molar-refractivity contribution in [2.45, 2.75) is 19.4 Å². The molecule has 88 valence electrons. The molecule has 1 fully saturated rings. The number of nitrogens with two attached hydrogens (primary N) is 1. The second-order valence-corrected chi connectivity index (χ2v) is 4.33. The lowest BCUT2D eigenvalue weighted by atomic mass is 10.1. The van der Waals surface area contributed by atoms with Crippen LogP contribution in [-0.2, 0) is 4.74 Å². The Bertz CT molecular complexity index is 401. The molecule has 0 atom stereocenters. The molecule has 0 aromatic carbocycles. The van der Waals surface area contributed by atoms with E-state index >= 15 is 0 Å². The summed E-state index contributed by atoms with van der Waals surface area (Å²) in [6.45, 7) is 5.38. The van der Waals surface area contributed by atoms with Crippen molar-refractivity contribution < 1.29 is 14.2 Å². The number of ether oxygens (including phenoxy) is 1. The lowest BCUT2D eigenvalue weighted by molar-refractivity contribution is -0.0765. The fourth-order valence-electron chi connectivity index (χ4n) is 1.68. The summed E-state index contributed by atoms with van der Waals surface area (Å²) >= 11 is 0. The van der Waals surface area contributed by atoms with E-state index in [1.807, 2.05) is 13.8 Å². The fourth-order valence-corrected chi connectivity index (χ4v) is 1.68. The Balaban J connectivity index is 2.14. The van der Waals surface area contributed by atoms with Crippen molar-refractivity contribution in [3.8, 4) is 0 Å². The van der Waals surface area contributed by atoms with E-state index < -0.39 is 0 Å². The summed E-state index contributed by atoms with van der Waals surface area (Å²) in [5.41, 5.74) is 5.19. The molecule has 1 saturated heterocycles. The quantitative estimate of drug-likeness (QED) is 0.718. The van der Waals surface area contributed by atoms with Gasteiger partial charge in [-0.15, -0.1) is 0 Å². The number of amides is 1. The van der Waals surface area contributed by atoms with Gasteiger partial charge in [-0.25, -0.2) is 4.63 Å². The van der Waals surface area contributed by atoms with E-state index in [1.165, 1.54) is 0 Å². The second kappa shape index (κ2) is 3.75. The second-order valence-electron chi connectivity index (χ2n) is 4.33. The number of aromatic nitrogens is 2. The molecule has 2 N–H and O–H groups in total. The molecule has 2 heterocycles. The standard InChI is InChI=1S/C9H14N4O3/c1-9(2)5-13(3-4-15-9)8(14)6-7(10)12-16-11-6/h3-5H2,1-2H3,(H2,10,12). The predicted octanol–water partition coefficient (Wildman–Crippen LogP) is -0.0972. The Kier molecular flexibility index (Phi) is 2.55. The van der Waals surface area contributed by atoms with Gasteiger partial charge in [-0.1, -0.05) is 0 Å². The smallest absolute Gasteiger partial charge is 0.280 e. The normalized spacial score (nSPS) is 19.8. The van der Waals surface area contributed by atoms with Crippen LogP contribution in [0.4, 0.5) is 5.82 Å². The number of morpholine rings is 1. The summed E-state index contributed by atoms with van der Waals surface area (Å²) in [7, 11) is 0. The third kappa shape index (κ3) is 1.99. The maximum absolute atomic E-state index is 12.0. The topological polar surface area (TPSA) is 94.5 Å². The van der Waals surface area contributed by atoms with Gasteiger partial charge in [0, 0.05) is 13.1 Å². The van der Waals surface area contributed by atoms with Gasteiger partial charge in [0.1, 0.15) is 0 Å². The molecule has 7 nitrogen and oxygen atoms in total. The number of anilines is 1. The highest BCUT2D eigenvalue weighted by molar-refractivity contribution is 5.96. The van der Waals surface area contributed by atoms with Crippen molar-refractivity contribution in [1.29, 1.82) is 0 Å². The summed E-state index contributed by atoms with van der Waals surface area (Å²) < 4.78 is 9.91. The summed E-state index contributed by atoms with van der Waals surface area (Å²) in [5.74, 6) is -0.246. The molecule has 0 unspecified atom stereocenters. The molecule has 0 spiro atoms. The minimum absolute atomic E-state index is 0.0225. The van der Waals surface area contributed by atoms with Crippen LogP contribution in [0.25, 0.3) is 0 Å². The van der Waals surface area contributed by atoms with Gasteiger partial charge < -0.3 is 15.4 Å². The first-order valence-corrected chi connectivity index (χ1v) is 5.01. The van der Waals surface area contributed by atoms with Crippen LogP contribution >= 0.6 is 0 Å². The van der Waals surface area contributed by atoms with Crippen LogP contribution in [-0.4, -0.2) is 46.4 Å². The van der Waals surface area contributed by atoms with Crippen LogP contribution in [0.1, 0.15) is 24.3 Å². The average Bonchev–Trinajstić information content (AvgIpc) is 2.62. The molecule has 1 aliphatic heterocycles. The molecule has 1 aliphatic rings. The van der Waals surface area contributed by atoms with Gasteiger partial charge >= 0.3 is 0 Å². The van der Waals surface area contributed by atoms with Gasteiger partial charge in [-0.05, 0) is 24.2 Å². The molecule has 0 radical (unpaired) electrons. The van der Waals surface area contributed by atoms with Crippen molar-refractivity contribution in [2.75, 3.05) is 25.4 Å². The van der Waals surface area contributed by atoms with E-state index in [2.05, 4.69) is 14.9 Å². The van der Waals surface area contributed by atoms with Gasteiger partial charge in [-0.2, -0.15) is 0 Å². The van der Waals surface area contributed by atoms with Crippen LogP contribution in [0.2, 0.25) is 0 Å². The van der Waals surface area contributed by atoms with E-state index in [-0.39, 0.29) is 23.0 Å². The Morgan fingerprint density at radius 3 is 2.81 bits per heavy atom. The zero-order valence-corrected chi connectivity index (χ0v) is 9.27. The van der Waals surface area contributed by atoms with E-state index in [1.54, 1.807) is 4.90 Å². The van der Waals surface area contributed by atoms with Crippen molar-refractivity contribution in [3.63, 3.8) is 0 Å². The van der Waals surface area contributed by atoms with Crippen LogP contribution in [0.3, 0.4) is 0 Å². The zero-order chi connectivity index (χ0) is 11.8. The number of hydrogen-bond donors (Lipinski definition) is 1. The van der Waals surface area contributed by atoms with Crippen LogP contribution in [0.5, 0.6) is 0 Å². The van der Waals surface area contributed by atoms with Crippen LogP contribution < -0.4 is 5.73 Å². The molecular formula is C9H14N4O3. The molecule has 16 heavy (non-hydrogen) atoms. The van der Waals surface area contributed by atoms with Gasteiger partial charge in [0.05, 0.1) is 12.2 Å². The Labute approximate surface area is 92.5 Å². The lowest BCUT2D eigenvalue weighted by Gasteiger charge is -2.37.